The van der Waals surface area contributed by atoms with Crippen molar-refractivity contribution in [1.82, 2.24) is 10.2 Å². The standard InChI is InChI=1S/C19H21N3O3/c1-19(2,20)16(18(24)25)21-17(23)15-9-7-14(8-10-15)6-3-4-11-22-12-5-13-22/h7-10,16H,5,12-13,20H2,1-2H3,(H,21,23)(H,24,25)/t16-/m1/s1. The van der Waals surface area contributed by atoms with Gasteiger partial charge in [-0.3, -0.25) is 4.79 Å². The molecule has 1 aromatic rings. The van der Waals surface area contributed by atoms with Crippen LogP contribution in [0.1, 0.15) is 36.2 Å². The number of amides is 1. The van der Waals surface area contributed by atoms with Crippen LogP contribution in [0.15, 0.2) is 24.3 Å². The molecule has 0 aliphatic carbocycles. The van der Waals surface area contributed by atoms with Gasteiger partial charge in [0, 0.05) is 41.7 Å². The predicted molar refractivity (Wildman–Crippen MR) is 94.4 cm³/mol. The van der Waals surface area contributed by atoms with E-state index in [0.29, 0.717) is 5.56 Å². The first-order valence-electron chi connectivity index (χ1n) is 7.96. The van der Waals surface area contributed by atoms with E-state index in [9.17, 15) is 14.7 Å². The number of hydrogen-bond acceptors (Lipinski definition) is 4. The molecule has 0 spiro atoms. The number of nitrogens with one attached hydrogen (secondary N) is 1. The van der Waals surface area contributed by atoms with Crippen molar-refractivity contribution in [3.63, 3.8) is 0 Å². The summed E-state index contributed by atoms with van der Waals surface area (Å²) >= 11 is 0. The van der Waals surface area contributed by atoms with Gasteiger partial charge in [0.1, 0.15) is 6.04 Å². The summed E-state index contributed by atoms with van der Waals surface area (Å²) in [4.78, 5) is 25.5. The molecule has 1 amide bonds. The topological polar surface area (TPSA) is 95.7 Å². The minimum atomic E-state index is -1.18. The second-order valence-corrected chi connectivity index (χ2v) is 6.47. The van der Waals surface area contributed by atoms with Crippen LogP contribution in [0, 0.1) is 23.8 Å². The van der Waals surface area contributed by atoms with Gasteiger partial charge >= 0.3 is 5.97 Å². The molecule has 0 radical (unpaired) electrons. The minimum absolute atomic E-state index is 0.340. The third kappa shape index (κ3) is 5.27. The van der Waals surface area contributed by atoms with E-state index in [2.05, 4.69) is 29.1 Å². The van der Waals surface area contributed by atoms with E-state index in [-0.39, 0.29) is 0 Å². The number of carbonyl (C=O) groups excluding carboxylic acids is 1. The van der Waals surface area contributed by atoms with Crippen molar-refractivity contribution in [3.05, 3.63) is 35.4 Å². The Morgan fingerprint density at radius 3 is 2.36 bits per heavy atom. The summed E-state index contributed by atoms with van der Waals surface area (Å²) in [5, 5.41) is 11.6. The predicted octanol–water partition coefficient (Wildman–Crippen LogP) is 0.625. The molecule has 130 valence electrons. The number of likely N-dealkylation sites (tertiary alicyclic amines) is 1. The second-order valence-electron chi connectivity index (χ2n) is 6.47. The highest BCUT2D eigenvalue weighted by Crippen LogP contribution is 2.09. The lowest BCUT2D eigenvalue weighted by atomic mass is 9.95. The molecule has 0 unspecified atom stereocenters. The van der Waals surface area contributed by atoms with Gasteiger partial charge in [-0.2, -0.15) is 0 Å². The minimum Gasteiger partial charge on any atom is -0.480 e. The van der Waals surface area contributed by atoms with Crippen molar-refractivity contribution in [1.29, 1.82) is 0 Å². The largest absolute Gasteiger partial charge is 0.480 e. The van der Waals surface area contributed by atoms with E-state index in [1.807, 2.05) is 4.90 Å². The molecule has 1 fully saturated rings. The second kappa shape index (κ2) is 7.74. The number of benzene rings is 1. The van der Waals surface area contributed by atoms with Crippen LogP contribution in [-0.4, -0.2) is 46.6 Å². The molecule has 6 nitrogen and oxygen atoms in total. The fraction of sp³-hybridized carbons (Fsp3) is 0.368. The number of rotatable bonds is 4. The Labute approximate surface area is 147 Å². The fourth-order valence-corrected chi connectivity index (χ4v) is 2.12. The van der Waals surface area contributed by atoms with Gasteiger partial charge in [0.25, 0.3) is 5.91 Å². The summed E-state index contributed by atoms with van der Waals surface area (Å²) in [6.07, 6.45) is 1.18. The maximum absolute atomic E-state index is 12.2. The summed E-state index contributed by atoms with van der Waals surface area (Å²) in [5.41, 5.74) is 5.79. The Morgan fingerprint density at radius 2 is 1.88 bits per heavy atom. The number of carboxylic acid groups (broad SMARTS) is 1. The van der Waals surface area contributed by atoms with Crippen molar-refractivity contribution in [3.8, 4) is 23.8 Å². The SMILES string of the molecule is CC(C)(N)[C@H](NC(=O)c1ccc(C#CC#CN2CCC2)cc1)C(=O)O. The lowest BCUT2D eigenvalue weighted by molar-refractivity contribution is -0.140. The highest BCUT2D eigenvalue weighted by Gasteiger charge is 2.33. The quantitative estimate of drug-likeness (QED) is 0.699. The van der Waals surface area contributed by atoms with Crippen molar-refractivity contribution in [2.75, 3.05) is 13.1 Å². The van der Waals surface area contributed by atoms with Crippen LogP contribution in [0.2, 0.25) is 0 Å². The first-order chi connectivity index (χ1) is 11.8. The highest BCUT2D eigenvalue weighted by atomic mass is 16.4. The molecular formula is C19H21N3O3. The summed E-state index contributed by atoms with van der Waals surface area (Å²) < 4.78 is 0. The van der Waals surface area contributed by atoms with E-state index < -0.39 is 23.5 Å². The molecule has 1 aromatic carbocycles. The number of aliphatic carboxylic acids is 1. The number of hydrogen-bond donors (Lipinski definition) is 3. The zero-order chi connectivity index (χ0) is 18.4. The summed E-state index contributed by atoms with van der Waals surface area (Å²) in [6, 6.07) is 8.32. The molecule has 1 aliphatic heterocycles. The average Bonchev–Trinajstić information content (AvgIpc) is 2.49. The maximum Gasteiger partial charge on any atom is 0.328 e. The molecule has 0 saturated carbocycles. The van der Waals surface area contributed by atoms with Gasteiger partial charge in [0.2, 0.25) is 0 Å². The summed E-state index contributed by atoms with van der Waals surface area (Å²) in [7, 11) is 0. The third-order valence-corrected chi connectivity index (χ3v) is 3.75. The highest BCUT2D eigenvalue weighted by molar-refractivity contribution is 5.97. The first-order valence-corrected chi connectivity index (χ1v) is 7.96. The van der Waals surface area contributed by atoms with Gasteiger partial charge in [-0.05, 0) is 50.5 Å². The Bertz CT molecular complexity index is 767. The lowest BCUT2D eigenvalue weighted by Crippen LogP contribution is -2.58. The molecule has 1 saturated heterocycles. The van der Waals surface area contributed by atoms with Crippen molar-refractivity contribution in [2.24, 2.45) is 5.73 Å². The number of carboxylic acids is 1. The Hall–Kier alpha value is -2.96. The molecule has 1 heterocycles. The molecule has 6 heteroatoms. The van der Waals surface area contributed by atoms with Crippen LogP contribution in [0.3, 0.4) is 0 Å². The number of nitrogens with two attached hydrogens (primary N) is 1. The Morgan fingerprint density at radius 1 is 1.24 bits per heavy atom. The molecule has 0 bridgehead atoms. The molecule has 1 aliphatic rings. The van der Waals surface area contributed by atoms with Crippen LogP contribution in [0.25, 0.3) is 0 Å². The molecule has 0 aromatic heterocycles. The zero-order valence-corrected chi connectivity index (χ0v) is 14.3. The van der Waals surface area contributed by atoms with Crippen LogP contribution in [0.5, 0.6) is 0 Å². The van der Waals surface area contributed by atoms with Gasteiger partial charge in [-0.1, -0.05) is 5.92 Å². The summed E-state index contributed by atoms with van der Waals surface area (Å²) in [5.74, 6) is 6.78. The molecule has 4 N–H and O–H groups in total. The fourth-order valence-electron chi connectivity index (χ4n) is 2.12. The maximum atomic E-state index is 12.2. The van der Waals surface area contributed by atoms with Gasteiger partial charge in [-0.25, -0.2) is 4.79 Å². The number of nitrogens with zero attached hydrogens (tertiary/aromatic N) is 1. The molecule has 25 heavy (non-hydrogen) atoms. The Balaban J connectivity index is 2.00. The van der Waals surface area contributed by atoms with Crippen molar-refractivity contribution >= 4 is 11.9 Å². The van der Waals surface area contributed by atoms with Crippen molar-refractivity contribution in [2.45, 2.75) is 31.8 Å². The van der Waals surface area contributed by atoms with E-state index in [1.54, 1.807) is 38.1 Å². The van der Waals surface area contributed by atoms with Gasteiger partial charge < -0.3 is 21.1 Å². The first kappa shape index (κ1) is 18.4. The monoisotopic (exact) mass is 339 g/mol. The average molecular weight is 339 g/mol. The molecule has 1 atom stereocenters. The van der Waals surface area contributed by atoms with Crippen molar-refractivity contribution < 1.29 is 14.7 Å². The van der Waals surface area contributed by atoms with Crippen LogP contribution >= 0.6 is 0 Å². The van der Waals surface area contributed by atoms with E-state index in [0.717, 1.165) is 18.7 Å². The zero-order valence-electron chi connectivity index (χ0n) is 14.3. The van der Waals surface area contributed by atoms with Crippen LogP contribution in [0.4, 0.5) is 0 Å². The van der Waals surface area contributed by atoms with Gasteiger partial charge in [0.15, 0.2) is 0 Å². The van der Waals surface area contributed by atoms with Gasteiger partial charge in [-0.15, -0.1) is 0 Å². The van der Waals surface area contributed by atoms with E-state index >= 15 is 0 Å². The normalized spacial score (nSPS) is 14.1. The van der Waals surface area contributed by atoms with Gasteiger partial charge in [0.05, 0.1) is 0 Å². The molecule has 2 rings (SSSR count). The third-order valence-electron chi connectivity index (χ3n) is 3.75. The van der Waals surface area contributed by atoms with Crippen LogP contribution < -0.4 is 11.1 Å². The molecular weight excluding hydrogens is 318 g/mol. The smallest absolute Gasteiger partial charge is 0.328 e. The van der Waals surface area contributed by atoms with E-state index in [1.165, 1.54) is 6.42 Å². The van der Waals surface area contributed by atoms with E-state index in [4.69, 9.17) is 5.73 Å². The van der Waals surface area contributed by atoms with Crippen LogP contribution in [-0.2, 0) is 4.79 Å². The summed E-state index contributed by atoms with van der Waals surface area (Å²) in [6.45, 7) is 5.09. The Kier molecular flexibility index (Phi) is 5.69. The lowest BCUT2D eigenvalue weighted by Gasteiger charge is -2.27. The number of carbonyl (C=O) groups is 2.